The molecule has 0 bridgehead atoms. The molecule has 3 rings (SSSR count). The standard InChI is InChI=1S/C24H25NO3/c1-19(15-16-20-9-4-2-5-10-20)25-24(26)18-27-22-13-8-14-23(17-22)28-21-11-6-3-7-12-21/h2-14,17,19H,15-16,18H2,1H3,(H,25,26)/t19-/m1/s1. The quantitative estimate of drug-likeness (QED) is 0.573. The molecule has 3 aromatic rings. The van der Waals surface area contributed by atoms with Crippen molar-refractivity contribution in [2.45, 2.75) is 25.8 Å². The summed E-state index contributed by atoms with van der Waals surface area (Å²) < 4.78 is 11.4. The third kappa shape index (κ3) is 6.47. The average molecular weight is 375 g/mol. The number of benzene rings is 3. The van der Waals surface area contributed by atoms with Crippen molar-refractivity contribution < 1.29 is 14.3 Å². The molecule has 0 aromatic heterocycles. The van der Waals surface area contributed by atoms with Crippen molar-refractivity contribution in [2.75, 3.05) is 6.61 Å². The second kappa shape index (κ2) is 10.2. The summed E-state index contributed by atoms with van der Waals surface area (Å²) >= 11 is 0. The summed E-state index contributed by atoms with van der Waals surface area (Å²) in [4.78, 5) is 12.1. The SMILES string of the molecule is C[C@H](CCc1ccccc1)NC(=O)COc1cccc(Oc2ccccc2)c1. The van der Waals surface area contributed by atoms with Crippen LogP contribution in [0.2, 0.25) is 0 Å². The maximum absolute atomic E-state index is 12.1. The summed E-state index contributed by atoms with van der Waals surface area (Å²) in [6.07, 6.45) is 1.82. The zero-order valence-corrected chi connectivity index (χ0v) is 16.0. The Balaban J connectivity index is 1.43. The summed E-state index contributed by atoms with van der Waals surface area (Å²) in [5.74, 6) is 1.89. The van der Waals surface area contributed by atoms with Crippen LogP contribution in [0.1, 0.15) is 18.9 Å². The zero-order valence-electron chi connectivity index (χ0n) is 16.0. The molecule has 0 saturated carbocycles. The van der Waals surface area contributed by atoms with Gasteiger partial charge >= 0.3 is 0 Å². The molecule has 1 amide bonds. The smallest absolute Gasteiger partial charge is 0.258 e. The number of aryl methyl sites for hydroxylation is 1. The third-order valence-corrected chi connectivity index (χ3v) is 4.27. The summed E-state index contributed by atoms with van der Waals surface area (Å²) in [5, 5.41) is 2.98. The average Bonchev–Trinajstić information content (AvgIpc) is 2.73. The van der Waals surface area contributed by atoms with E-state index in [1.54, 1.807) is 6.07 Å². The molecule has 28 heavy (non-hydrogen) atoms. The lowest BCUT2D eigenvalue weighted by Gasteiger charge is -2.14. The highest BCUT2D eigenvalue weighted by molar-refractivity contribution is 5.77. The fourth-order valence-corrected chi connectivity index (χ4v) is 2.82. The maximum atomic E-state index is 12.1. The van der Waals surface area contributed by atoms with Crippen molar-refractivity contribution in [1.29, 1.82) is 0 Å². The van der Waals surface area contributed by atoms with Crippen molar-refractivity contribution in [3.8, 4) is 17.2 Å². The van der Waals surface area contributed by atoms with Gasteiger partial charge in [-0.05, 0) is 49.6 Å². The van der Waals surface area contributed by atoms with Crippen molar-refractivity contribution in [1.82, 2.24) is 5.32 Å². The van der Waals surface area contributed by atoms with Crippen LogP contribution in [0.4, 0.5) is 0 Å². The second-order valence-corrected chi connectivity index (χ2v) is 6.67. The van der Waals surface area contributed by atoms with E-state index >= 15 is 0 Å². The van der Waals surface area contributed by atoms with Gasteiger partial charge in [0.2, 0.25) is 0 Å². The van der Waals surface area contributed by atoms with Crippen LogP contribution in [0.25, 0.3) is 0 Å². The predicted molar refractivity (Wildman–Crippen MR) is 111 cm³/mol. The Morgan fingerprint density at radius 1 is 0.857 bits per heavy atom. The van der Waals surface area contributed by atoms with Crippen molar-refractivity contribution in [3.05, 3.63) is 90.5 Å². The molecule has 4 nitrogen and oxygen atoms in total. The number of nitrogens with one attached hydrogen (secondary N) is 1. The predicted octanol–water partition coefficient (Wildman–Crippen LogP) is 5.00. The van der Waals surface area contributed by atoms with Gasteiger partial charge in [0.15, 0.2) is 6.61 Å². The summed E-state index contributed by atoms with van der Waals surface area (Å²) in [6.45, 7) is 1.99. The number of rotatable bonds is 9. The van der Waals surface area contributed by atoms with Gasteiger partial charge in [0.1, 0.15) is 17.2 Å². The Morgan fingerprint density at radius 2 is 1.50 bits per heavy atom. The summed E-state index contributed by atoms with van der Waals surface area (Å²) in [6, 6.07) is 27.2. The lowest BCUT2D eigenvalue weighted by molar-refractivity contribution is -0.123. The molecule has 0 heterocycles. The highest BCUT2D eigenvalue weighted by Crippen LogP contribution is 2.24. The maximum Gasteiger partial charge on any atom is 0.258 e. The molecular weight excluding hydrogens is 350 g/mol. The summed E-state index contributed by atoms with van der Waals surface area (Å²) in [5.41, 5.74) is 1.27. The molecule has 0 radical (unpaired) electrons. The number of hydrogen-bond donors (Lipinski definition) is 1. The van der Waals surface area contributed by atoms with Gasteiger partial charge in [-0.25, -0.2) is 0 Å². The first-order valence-electron chi connectivity index (χ1n) is 9.48. The van der Waals surface area contributed by atoms with Crippen LogP contribution >= 0.6 is 0 Å². The highest BCUT2D eigenvalue weighted by atomic mass is 16.5. The Morgan fingerprint density at radius 3 is 2.25 bits per heavy atom. The Labute approximate surface area is 166 Å². The molecule has 0 aliphatic heterocycles. The van der Waals surface area contributed by atoms with Crippen LogP contribution in [0.3, 0.4) is 0 Å². The monoisotopic (exact) mass is 375 g/mol. The van der Waals surface area contributed by atoms with Gasteiger partial charge in [-0.15, -0.1) is 0 Å². The second-order valence-electron chi connectivity index (χ2n) is 6.67. The van der Waals surface area contributed by atoms with Gasteiger partial charge in [0, 0.05) is 12.1 Å². The molecule has 0 spiro atoms. The van der Waals surface area contributed by atoms with Gasteiger partial charge in [-0.2, -0.15) is 0 Å². The highest BCUT2D eigenvalue weighted by Gasteiger charge is 2.09. The summed E-state index contributed by atoms with van der Waals surface area (Å²) in [7, 11) is 0. The molecule has 4 heteroatoms. The van der Waals surface area contributed by atoms with Gasteiger partial charge in [-0.1, -0.05) is 54.6 Å². The van der Waals surface area contributed by atoms with Crippen LogP contribution in [-0.2, 0) is 11.2 Å². The van der Waals surface area contributed by atoms with E-state index in [-0.39, 0.29) is 18.6 Å². The minimum atomic E-state index is -0.130. The molecule has 0 aliphatic carbocycles. The largest absolute Gasteiger partial charge is 0.484 e. The topological polar surface area (TPSA) is 47.6 Å². The van der Waals surface area contributed by atoms with Gasteiger partial charge in [0.05, 0.1) is 0 Å². The number of carbonyl (C=O) groups excluding carboxylic acids is 1. The number of para-hydroxylation sites is 1. The van der Waals surface area contributed by atoms with Crippen LogP contribution in [-0.4, -0.2) is 18.6 Å². The first-order chi connectivity index (χ1) is 13.7. The number of carbonyl (C=O) groups is 1. The first kappa shape index (κ1) is 19.5. The minimum Gasteiger partial charge on any atom is -0.484 e. The fourth-order valence-electron chi connectivity index (χ4n) is 2.82. The van der Waals surface area contributed by atoms with E-state index in [1.165, 1.54) is 5.56 Å². The first-order valence-corrected chi connectivity index (χ1v) is 9.48. The van der Waals surface area contributed by atoms with Gasteiger partial charge in [0.25, 0.3) is 5.91 Å². The molecule has 1 N–H and O–H groups in total. The van der Waals surface area contributed by atoms with Gasteiger partial charge < -0.3 is 14.8 Å². The lowest BCUT2D eigenvalue weighted by Crippen LogP contribution is -2.36. The molecule has 0 saturated heterocycles. The van der Waals surface area contributed by atoms with Crippen LogP contribution in [0, 0.1) is 0 Å². The van der Waals surface area contributed by atoms with E-state index in [2.05, 4.69) is 17.4 Å². The number of hydrogen-bond acceptors (Lipinski definition) is 3. The van der Waals surface area contributed by atoms with E-state index in [0.29, 0.717) is 11.5 Å². The van der Waals surface area contributed by atoms with Crippen LogP contribution in [0.5, 0.6) is 17.2 Å². The van der Waals surface area contributed by atoms with Crippen molar-refractivity contribution in [2.24, 2.45) is 0 Å². The lowest BCUT2D eigenvalue weighted by atomic mass is 10.1. The molecular formula is C24H25NO3. The number of ether oxygens (including phenoxy) is 2. The van der Waals surface area contributed by atoms with Crippen LogP contribution in [0.15, 0.2) is 84.9 Å². The number of amides is 1. The van der Waals surface area contributed by atoms with Crippen molar-refractivity contribution >= 4 is 5.91 Å². The Bertz CT molecular complexity index is 865. The third-order valence-electron chi connectivity index (χ3n) is 4.27. The minimum absolute atomic E-state index is 0.0233. The Kier molecular flexibility index (Phi) is 7.08. The molecule has 0 unspecified atom stereocenters. The molecule has 144 valence electrons. The van der Waals surface area contributed by atoms with E-state index in [9.17, 15) is 4.79 Å². The molecule has 3 aromatic carbocycles. The Hall–Kier alpha value is -3.27. The fraction of sp³-hybridized carbons (Fsp3) is 0.208. The van der Waals surface area contributed by atoms with E-state index in [4.69, 9.17) is 9.47 Å². The van der Waals surface area contributed by atoms with E-state index in [0.717, 1.165) is 18.6 Å². The van der Waals surface area contributed by atoms with Gasteiger partial charge in [-0.3, -0.25) is 4.79 Å². The van der Waals surface area contributed by atoms with Crippen molar-refractivity contribution in [3.63, 3.8) is 0 Å². The molecule has 0 fully saturated rings. The molecule has 1 atom stereocenters. The van der Waals surface area contributed by atoms with Crippen LogP contribution < -0.4 is 14.8 Å². The van der Waals surface area contributed by atoms with E-state index in [1.807, 2.05) is 73.7 Å². The van der Waals surface area contributed by atoms with E-state index < -0.39 is 0 Å². The molecule has 0 aliphatic rings. The zero-order chi connectivity index (χ0) is 19.6. The normalized spacial score (nSPS) is 11.5.